The van der Waals surface area contributed by atoms with E-state index in [1.54, 1.807) is 0 Å². The summed E-state index contributed by atoms with van der Waals surface area (Å²) in [5.41, 5.74) is 1.49. The lowest BCUT2D eigenvalue weighted by Gasteiger charge is -2.05. The molecule has 0 aliphatic rings. The van der Waals surface area contributed by atoms with Crippen molar-refractivity contribution in [2.75, 3.05) is 0 Å². The van der Waals surface area contributed by atoms with E-state index in [1.165, 1.54) is 82.6 Å². The minimum absolute atomic E-state index is 1.11. The van der Waals surface area contributed by atoms with Gasteiger partial charge < -0.3 is 0 Å². The summed E-state index contributed by atoms with van der Waals surface area (Å²) in [5.74, 6) is 0. The molecule has 0 saturated heterocycles. The molecule has 0 saturated carbocycles. The van der Waals surface area contributed by atoms with Crippen LogP contribution in [0.2, 0.25) is 0 Å². The van der Waals surface area contributed by atoms with Crippen molar-refractivity contribution in [2.24, 2.45) is 0 Å². The van der Waals surface area contributed by atoms with Crippen LogP contribution in [0.3, 0.4) is 0 Å². The highest BCUT2D eigenvalue weighted by atomic mass is 14.0. The lowest BCUT2D eigenvalue weighted by molar-refractivity contribution is 0.586. The first kappa shape index (κ1) is 16.7. The summed E-state index contributed by atoms with van der Waals surface area (Å²) in [4.78, 5) is 0. The van der Waals surface area contributed by atoms with Gasteiger partial charge in [-0.2, -0.15) is 0 Å². The third-order valence-electron chi connectivity index (χ3n) is 3.41. The molecular formula is C17H33. The van der Waals surface area contributed by atoms with E-state index in [0.29, 0.717) is 0 Å². The van der Waals surface area contributed by atoms with Crippen LogP contribution >= 0.6 is 0 Å². The van der Waals surface area contributed by atoms with Gasteiger partial charge in [0.05, 0.1) is 0 Å². The largest absolute Gasteiger partial charge is 0.0999 e. The molecule has 0 aliphatic carbocycles. The molecule has 0 N–H and O–H groups in total. The van der Waals surface area contributed by atoms with Crippen molar-refractivity contribution >= 4 is 0 Å². The second-order valence-electron chi connectivity index (χ2n) is 5.29. The van der Waals surface area contributed by atoms with Crippen LogP contribution in [0.25, 0.3) is 0 Å². The van der Waals surface area contributed by atoms with E-state index in [-0.39, 0.29) is 0 Å². The van der Waals surface area contributed by atoms with Gasteiger partial charge in [0, 0.05) is 0 Å². The van der Waals surface area contributed by atoms with Crippen molar-refractivity contribution < 1.29 is 0 Å². The lowest BCUT2D eigenvalue weighted by Crippen LogP contribution is -1.85. The summed E-state index contributed by atoms with van der Waals surface area (Å²) >= 11 is 0. The Bertz CT molecular complexity index is 157. The molecule has 0 heteroatoms. The van der Waals surface area contributed by atoms with Crippen LogP contribution in [-0.4, -0.2) is 0 Å². The molecule has 0 bridgehead atoms. The summed E-state index contributed by atoms with van der Waals surface area (Å²) in [7, 11) is 0. The zero-order chi connectivity index (χ0) is 12.8. The quantitative estimate of drug-likeness (QED) is 0.254. The van der Waals surface area contributed by atoms with Crippen molar-refractivity contribution in [3.8, 4) is 0 Å². The molecule has 1 radical (unpaired) electrons. The van der Waals surface area contributed by atoms with E-state index in [4.69, 9.17) is 0 Å². The average molecular weight is 237 g/mol. The molecule has 0 fully saturated rings. The van der Waals surface area contributed by atoms with E-state index >= 15 is 0 Å². The van der Waals surface area contributed by atoms with Gasteiger partial charge >= 0.3 is 0 Å². The predicted octanol–water partition coefficient (Wildman–Crippen LogP) is 6.47. The summed E-state index contributed by atoms with van der Waals surface area (Å²) in [6, 6.07) is 0. The van der Waals surface area contributed by atoms with Crippen molar-refractivity contribution in [3.63, 3.8) is 0 Å². The minimum Gasteiger partial charge on any atom is -0.0999 e. The fraction of sp³-hybridized carbons (Fsp3) is 0.824. The van der Waals surface area contributed by atoms with Gasteiger partial charge in [0.15, 0.2) is 0 Å². The third kappa shape index (κ3) is 13.7. The summed E-state index contributed by atoms with van der Waals surface area (Å²) in [5, 5.41) is 0. The predicted molar refractivity (Wildman–Crippen MR) is 80.2 cm³/mol. The second kappa shape index (κ2) is 13.8. The third-order valence-corrected chi connectivity index (χ3v) is 3.41. The molecule has 101 valence electrons. The molecule has 17 heavy (non-hydrogen) atoms. The van der Waals surface area contributed by atoms with Gasteiger partial charge in [-0.25, -0.2) is 0 Å². The topological polar surface area (TPSA) is 0 Å². The van der Waals surface area contributed by atoms with E-state index in [2.05, 4.69) is 20.4 Å². The van der Waals surface area contributed by atoms with Gasteiger partial charge in [-0.1, -0.05) is 83.8 Å². The maximum absolute atomic E-state index is 4.19. The smallest absolute Gasteiger partial charge is 0.0323 e. The maximum atomic E-state index is 4.19. The number of rotatable bonds is 13. The Balaban J connectivity index is 3.11. The zero-order valence-electron chi connectivity index (χ0n) is 12.1. The van der Waals surface area contributed by atoms with Gasteiger partial charge in [-0.3, -0.25) is 0 Å². The first-order chi connectivity index (χ1) is 8.31. The van der Waals surface area contributed by atoms with Crippen molar-refractivity contribution in [1.29, 1.82) is 0 Å². The number of unbranched alkanes of at least 4 members (excludes halogenated alkanes) is 9. The van der Waals surface area contributed by atoms with Gasteiger partial charge in [-0.15, -0.1) is 0 Å². The van der Waals surface area contributed by atoms with Crippen molar-refractivity contribution in [1.82, 2.24) is 0 Å². The highest BCUT2D eigenvalue weighted by Crippen LogP contribution is 2.16. The Labute approximate surface area is 110 Å². The van der Waals surface area contributed by atoms with Crippen LogP contribution in [0, 0.1) is 6.92 Å². The SMILES string of the molecule is [CH2]CCCCCCCCC(=C)CCCCCC. The molecule has 0 aromatic carbocycles. The van der Waals surface area contributed by atoms with Crippen molar-refractivity contribution in [3.05, 3.63) is 19.1 Å². The Morgan fingerprint density at radius 3 is 1.71 bits per heavy atom. The molecule has 0 amide bonds. The number of hydrogen-bond donors (Lipinski definition) is 0. The maximum Gasteiger partial charge on any atom is -0.0323 e. The molecule has 0 spiro atoms. The van der Waals surface area contributed by atoms with Gasteiger partial charge in [0.2, 0.25) is 0 Å². The first-order valence-corrected chi connectivity index (χ1v) is 7.77. The van der Waals surface area contributed by atoms with E-state index in [1.807, 2.05) is 0 Å². The molecule has 0 atom stereocenters. The molecule has 0 unspecified atom stereocenters. The first-order valence-electron chi connectivity index (χ1n) is 7.77. The molecule has 0 aromatic heterocycles. The summed E-state index contributed by atoms with van der Waals surface area (Å²) < 4.78 is 0. The van der Waals surface area contributed by atoms with Gasteiger partial charge in [0.1, 0.15) is 0 Å². The Morgan fingerprint density at radius 1 is 0.706 bits per heavy atom. The highest BCUT2D eigenvalue weighted by Gasteiger charge is 1.96. The van der Waals surface area contributed by atoms with Crippen LogP contribution in [-0.2, 0) is 0 Å². The molecule has 0 heterocycles. The van der Waals surface area contributed by atoms with Gasteiger partial charge in [-0.05, 0) is 25.7 Å². The van der Waals surface area contributed by atoms with Crippen molar-refractivity contribution in [2.45, 2.75) is 90.4 Å². The molecule has 0 aliphatic heterocycles. The average Bonchev–Trinajstić information content (AvgIpc) is 2.33. The Hall–Kier alpha value is -0.260. The van der Waals surface area contributed by atoms with Crippen LogP contribution < -0.4 is 0 Å². The Kier molecular flexibility index (Phi) is 13.6. The van der Waals surface area contributed by atoms with Crippen LogP contribution in [0.4, 0.5) is 0 Å². The zero-order valence-corrected chi connectivity index (χ0v) is 12.1. The van der Waals surface area contributed by atoms with Crippen LogP contribution in [0.1, 0.15) is 90.4 Å². The monoisotopic (exact) mass is 237 g/mol. The van der Waals surface area contributed by atoms with Gasteiger partial charge in [0.25, 0.3) is 0 Å². The summed E-state index contributed by atoms with van der Waals surface area (Å²) in [6.45, 7) is 10.3. The van der Waals surface area contributed by atoms with E-state index in [9.17, 15) is 0 Å². The number of allylic oxidation sites excluding steroid dienone is 1. The summed E-state index contributed by atoms with van der Waals surface area (Å²) in [6.07, 6.45) is 17.4. The van der Waals surface area contributed by atoms with E-state index in [0.717, 1.165) is 6.42 Å². The highest BCUT2D eigenvalue weighted by molar-refractivity contribution is 4.93. The standard InChI is InChI=1S/C17H33/c1-4-6-8-10-11-12-14-16-17(3)15-13-9-7-5-2/h1,3-16H2,2H3. The number of hydrogen-bond acceptors (Lipinski definition) is 0. The Morgan fingerprint density at radius 2 is 1.18 bits per heavy atom. The van der Waals surface area contributed by atoms with Crippen LogP contribution in [0.15, 0.2) is 12.2 Å². The lowest BCUT2D eigenvalue weighted by atomic mass is 10.0. The fourth-order valence-electron chi connectivity index (χ4n) is 2.19. The van der Waals surface area contributed by atoms with Crippen LogP contribution in [0.5, 0.6) is 0 Å². The molecular weight excluding hydrogens is 204 g/mol. The molecule has 0 aromatic rings. The molecule has 0 nitrogen and oxygen atoms in total. The van der Waals surface area contributed by atoms with E-state index < -0.39 is 0 Å². The normalized spacial score (nSPS) is 10.7. The second-order valence-corrected chi connectivity index (χ2v) is 5.29. The fourth-order valence-corrected chi connectivity index (χ4v) is 2.19. The molecule has 0 rings (SSSR count). The minimum atomic E-state index is 1.11.